The molecule has 0 radical (unpaired) electrons. The largest absolute Gasteiger partial charge is 0.319 e. The highest BCUT2D eigenvalue weighted by Gasteiger charge is 2.10. The number of halogens is 1. The first kappa shape index (κ1) is 26.5. The molecule has 1 unspecified atom stereocenters. The van der Waals surface area contributed by atoms with Gasteiger partial charge < -0.3 is 10.6 Å². The smallest absolute Gasteiger partial charge is 0.229 e. The number of benzene rings is 1. The van der Waals surface area contributed by atoms with Crippen LogP contribution in [0.2, 0.25) is 0 Å². The van der Waals surface area contributed by atoms with Gasteiger partial charge in [0.15, 0.2) is 0 Å². The highest BCUT2D eigenvalue weighted by atomic mass is 19.1. The van der Waals surface area contributed by atoms with Crippen LogP contribution in [0.3, 0.4) is 0 Å². The first-order valence-electron chi connectivity index (χ1n) is 11.8. The lowest BCUT2D eigenvalue weighted by molar-refractivity contribution is -0.115. The molecule has 1 aliphatic carbocycles. The van der Waals surface area contributed by atoms with Crippen LogP contribution in [-0.4, -0.2) is 34.3 Å². The maximum absolute atomic E-state index is 13.4. The van der Waals surface area contributed by atoms with E-state index >= 15 is 0 Å². The Bertz CT molecular complexity index is 1270. The van der Waals surface area contributed by atoms with Gasteiger partial charge >= 0.3 is 0 Å². The van der Waals surface area contributed by atoms with Gasteiger partial charge in [0.1, 0.15) is 11.6 Å². The molecule has 0 spiro atoms. The van der Waals surface area contributed by atoms with E-state index in [0.717, 1.165) is 36.1 Å². The Morgan fingerprint density at radius 2 is 2.06 bits per heavy atom. The second-order valence-electron chi connectivity index (χ2n) is 8.63. The summed E-state index contributed by atoms with van der Waals surface area (Å²) in [5.41, 5.74) is 4.06. The molecule has 2 aromatic heterocycles. The third kappa shape index (κ3) is 7.72. The van der Waals surface area contributed by atoms with Crippen molar-refractivity contribution in [3.63, 3.8) is 0 Å². The number of nitrogens with zero attached hydrogens (tertiary/aromatic N) is 4. The summed E-state index contributed by atoms with van der Waals surface area (Å²) in [6.45, 7) is 2.67. The molecule has 1 atom stereocenters. The lowest BCUT2D eigenvalue weighted by Crippen LogP contribution is -2.15. The topological polar surface area (TPSA) is 95.6 Å². The fraction of sp³-hybridized carbons (Fsp3) is 0.286. The Kier molecular flexibility index (Phi) is 9.66. The van der Waals surface area contributed by atoms with Gasteiger partial charge in [0.2, 0.25) is 5.91 Å². The van der Waals surface area contributed by atoms with Gasteiger partial charge in [0.25, 0.3) is 0 Å². The second kappa shape index (κ2) is 13.1. The van der Waals surface area contributed by atoms with E-state index in [1.54, 1.807) is 29.2 Å². The van der Waals surface area contributed by atoms with Crippen molar-refractivity contribution in [3.05, 3.63) is 89.7 Å². The fourth-order valence-corrected chi connectivity index (χ4v) is 3.79. The van der Waals surface area contributed by atoms with Gasteiger partial charge in [0, 0.05) is 37.1 Å². The number of rotatable bonds is 7. The predicted octanol–water partition coefficient (Wildman–Crippen LogP) is 5.11. The van der Waals surface area contributed by atoms with Crippen LogP contribution in [0.1, 0.15) is 43.2 Å². The molecule has 7 nitrogen and oxygen atoms in total. The van der Waals surface area contributed by atoms with E-state index in [-0.39, 0.29) is 17.6 Å². The van der Waals surface area contributed by atoms with Crippen molar-refractivity contribution in [1.29, 1.82) is 5.26 Å². The normalized spacial score (nSPS) is 13.1. The average molecular weight is 487 g/mol. The van der Waals surface area contributed by atoms with Crippen LogP contribution in [-0.2, 0) is 11.8 Å². The number of hydrogen-bond donors (Lipinski definition) is 2. The number of carbonyl (C=O) groups excluding carboxylic acids is 1. The van der Waals surface area contributed by atoms with Crippen LogP contribution in [0.5, 0.6) is 0 Å². The van der Waals surface area contributed by atoms with E-state index in [1.165, 1.54) is 6.07 Å². The molecule has 186 valence electrons. The molecule has 3 aromatic rings. The molecule has 1 amide bonds. The number of likely N-dealkylation sites (N-methyl/N-ethyl adjacent to an activating group) is 1. The molecule has 2 heterocycles. The quantitative estimate of drug-likeness (QED) is 0.484. The van der Waals surface area contributed by atoms with E-state index in [4.69, 9.17) is 5.26 Å². The minimum absolute atomic E-state index is 0.0422. The Balaban J connectivity index is 0.000000223. The summed E-state index contributed by atoms with van der Waals surface area (Å²) in [6, 6.07) is 10.3. The summed E-state index contributed by atoms with van der Waals surface area (Å²) in [5.74, 6) is 0.344. The molecule has 0 saturated heterocycles. The Morgan fingerprint density at radius 3 is 2.64 bits per heavy atom. The number of aryl methyl sites for hydroxylation is 1. The minimum Gasteiger partial charge on any atom is -0.319 e. The molecule has 4 rings (SSSR count). The van der Waals surface area contributed by atoms with E-state index in [1.807, 2.05) is 51.5 Å². The number of anilines is 1. The molecule has 8 heteroatoms. The molecule has 0 aliphatic heterocycles. The molecule has 2 N–H and O–H groups in total. The Labute approximate surface area is 211 Å². The molecule has 36 heavy (non-hydrogen) atoms. The lowest BCUT2D eigenvalue weighted by atomic mass is 9.99. The number of amides is 1. The monoisotopic (exact) mass is 486 g/mol. The Hall–Kier alpha value is -4.09. The van der Waals surface area contributed by atoms with E-state index < -0.39 is 0 Å². The summed E-state index contributed by atoms with van der Waals surface area (Å²) in [6.07, 6.45) is 14.1. The van der Waals surface area contributed by atoms with Crippen molar-refractivity contribution in [1.82, 2.24) is 20.1 Å². The Morgan fingerprint density at radius 1 is 1.22 bits per heavy atom. The lowest BCUT2D eigenvalue weighted by Gasteiger charge is -2.11. The highest BCUT2D eigenvalue weighted by molar-refractivity contribution is 5.91. The zero-order valence-corrected chi connectivity index (χ0v) is 20.8. The molecule has 0 saturated carbocycles. The van der Waals surface area contributed by atoms with Crippen LogP contribution in [0.15, 0.2) is 72.7 Å². The van der Waals surface area contributed by atoms with Gasteiger partial charge in [0.05, 0.1) is 24.3 Å². The summed E-state index contributed by atoms with van der Waals surface area (Å²) in [5, 5.41) is 18.5. The average Bonchev–Trinajstić information content (AvgIpc) is 3.31. The van der Waals surface area contributed by atoms with Crippen LogP contribution in [0.4, 0.5) is 10.2 Å². The van der Waals surface area contributed by atoms with Crippen molar-refractivity contribution in [3.8, 4) is 17.2 Å². The number of nitriles is 1. The molecule has 0 bridgehead atoms. The van der Waals surface area contributed by atoms with Crippen LogP contribution in [0, 0.1) is 17.1 Å². The van der Waals surface area contributed by atoms with Crippen molar-refractivity contribution >= 4 is 11.7 Å². The third-order valence-electron chi connectivity index (χ3n) is 5.68. The molecule has 1 aromatic carbocycles. The van der Waals surface area contributed by atoms with Crippen LogP contribution >= 0.6 is 0 Å². The van der Waals surface area contributed by atoms with E-state index in [2.05, 4.69) is 32.9 Å². The predicted molar refractivity (Wildman–Crippen MR) is 140 cm³/mol. The van der Waals surface area contributed by atoms with Gasteiger partial charge in [-0.05, 0) is 61.2 Å². The maximum Gasteiger partial charge on any atom is 0.229 e. The van der Waals surface area contributed by atoms with Crippen molar-refractivity contribution in [2.24, 2.45) is 7.05 Å². The summed E-state index contributed by atoms with van der Waals surface area (Å²) in [4.78, 5) is 16.3. The third-order valence-corrected chi connectivity index (χ3v) is 5.68. The van der Waals surface area contributed by atoms with Crippen molar-refractivity contribution < 1.29 is 9.18 Å². The van der Waals surface area contributed by atoms with E-state index in [9.17, 15) is 9.18 Å². The standard InChI is InChI=1S/C17H18N4O.C11H13FN2/c1-21-12-15(11-19-21)14-7-8-16(18-10-14)20-17(22)9-13-5-3-2-4-6-13;1-8(7-14-2)10-4-3-9(6-13)5-11(10)12/h3,5-8,10-12H,2,4,9H2,1H3,(H,18,20,22);3-5,8,14H,7H2,1-2H3. The minimum atomic E-state index is -0.299. The van der Waals surface area contributed by atoms with E-state index in [0.29, 0.717) is 23.4 Å². The number of hydrogen-bond acceptors (Lipinski definition) is 5. The van der Waals surface area contributed by atoms with Gasteiger partial charge in [-0.15, -0.1) is 0 Å². The van der Waals surface area contributed by atoms with Gasteiger partial charge in [-0.3, -0.25) is 9.48 Å². The van der Waals surface area contributed by atoms with Crippen LogP contribution in [0.25, 0.3) is 11.1 Å². The number of pyridine rings is 1. The first-order chi connectivity index (χ1) is 17.4. The summed E-state index contributed by atoms with van der Waals surface area (Å²) in [7, 11) is 3.71. The number of carbonyl (C=O) groups is 1. The summed E-state index contributed by atoms with van der Waals surface area (Å²) >= 11 is 0. The van der Waals surface area contributed by atoms with Crippen molar-refractivity contribution in [2.75, 3.05) is 18.9 Å². The van der Waals surface area contributed by atoms with Crippen LogP contribution < -0.4 is 10.6 Å². The zero-order valence-electron chi connectivity index (χ0n) is 20.8. The van der Waals surface area contributed by atoms with Crippen molar-refractivity contribution in [2.45, 2.75) is 32.1 Å². The number of aromatic nitrogens is 3. The van der Waals surface area contributed by atoms with Gasteiger partial charge in [-0.2, -0.15) is 10.4 Å². The zero-order chi connectivity index (χ0) is 25.9. The summed E-state index contributed by atoms with van der Waals surface area (Å²) < 4.78 is 15.2. The SMILES string of the molecule is CNCC(C)c1ccc(C#N)cc1F.Cn1cc(-c2ccc(NC(=O)CC3=CCCC=C3)nc2)cn1. The first-order valence-corrected chi connectivity index (χ1v) is 11.8. The molecule has 1 aliphatic rings. The number of allylic oxidation sites excluding steroid dienone is 3. The molecule has 0 fully saturated rings. The molecular weight excluding hydrogens is 455 g/mol. The maximum atomic E-state index is 13.4. The fourth-order valence-electron chi connectivity index (χ4n) is 3.79. The second-order valence-corrected chi connectivity index (χ2v) is 8.63. The highest BCUT2D eigenvalue weighted by Crippen LogP contribution is 2.20. The van der Waals surface area contributed by atoms with Gasteiger partial charge in [-0.1, -0.05) is 31.2 Å². The van der Waals surface area contributed by atoms with Gasteiger partial charge in [-0.25, -0.2) is 9.37 Å². The molecular formula is C28H31FN6O. The number of nitrogens with one attached hydrogen (secondary N) is 2.